The number of H-pyrrole nitrogens is 1. The molecule has 65 heavy (non-hydrogen) atoms. The van der Waals surface area contributed by atoms with Crippen LogP contribution in [0.5, 0.6) is 17.2 Å². The third kappa shape index (κ3) is 16.6. The summed E-state index contributed by atoms with van der Waals surface area (Å²) in [5.74, 6) is -2.50. The van der Waals surface area contributed by atoms with Crippen LogP contribution in [0.1, 0.15) is 59.6 Å². The SMILES string of the molecule is CC(C)N1C(=O)CC=C(Oc2c(Cl)cc(N)cc2Cl)C1=O.CCOC(=O)NC(=O)C(C#N)=NCc1cc(Cl)c(Oc2cn(C(C)C)c(=O)[nH]c2=O)c(Cl)c1.[C-]#[N+]CC(=O)NC(=O)OCC. The van der Waals surface area contributed by atoms with Crippen molar-refractivity contribution in [1.82, 2.24) is 25.1 Å². The molecule has 1 aliphatic heterocycles. The van der Waals surface area contributed by atoms with Crippen LogP contribution in [-0.2, 0) is 35.2 Å². The van der Waals surface area contributed by atoms with Crippen molar-refractivity contribution in [2.24, 2.45) is 4.99 Å². The van der Waals surface area contributed by atoms with Crippen molar-refractivity contribution < 1.29 is 47.7 Å². The fourth-order valence-electron chi connectivity index (χ4n) is 4.87. The average Bonchev–Trinajstić information content (AvgIpc) is 3.19. The van der Waals surface area contributed by atoms with Gasteiger partial charge in [0.05, 0.1) is 46.0 Å². The van der Waals surface area contributed by atoms with Crippen molar-refractivity contribution >= 4 is 93.6 Å². The Morgan fingerprint density at radius 1 is 0.892 bits per heavy atom. The predicted octanol–water partition coefficient (Wildman–Crippen LogP) is 6.14. The summed E-state index contributed by atoms with van der Waals surface area (Å²) in [5.41, 5.74) is 4.50. The van der Waals surface area contributed by atoms with E-state index in [2.05, 4.69) is 24.3 Å². The lowest BCUT2D eigenvalue weighted by Crippen LogP contribution is -2.45. The van der Waals surface area contributed by atoms with Gasteiger partial charge >= 0.3 is 23.8 Å². The Morgan fingerprint density at radius 2 is 1.43 bits per heavy atom. The number of amides is 6. The van der Waals surface area contributed by atoms with Crippen LogP contribution in [0.25, 0.3) is 4.85 Å². The number of hydrogen-bond donors (Lipinski definition) is 4. The van der Waals surface area contributed by atoms with Gasteiger partial charge in [-0.3, -0.25) is 54.0 Å². The van der Waals surface area contributed by atoms with E-state index in [1.54, 1.807) is 47.6 Å². The van der Waals surface area contributed by atoms with Crippen LogP contribution in [-0.4, -0.2) is 81.8 Å². The Kier molecular flexibility index (Phi) is 21.7. The first-order valence-electron chi connectivity index (χ1n) is 18.8. The molecular weight excluding hydrogens is 940 g/mol. The number of nitrogens with one attached hydrogen (secondary N) is 3. The highest BCUT2D eigenvalue weighted by Crippen LogP contribution is 2.38. The third-order valence-corrected chi connectivity index (χ3v) is 8.77. The Morgan fingerprint density at radius 3 is 1.94 bits per heavy atom. The highest BCUT2D eigenvalue weighted by atomic mass is 35.5. The predicted molar refractivity (Wildman–Crippen MR) is 238 cm³/mol. The number of nitrogen functional groups attached to an aromatic ring is 1. The fourth-order valence-corrected chi connectivity index (χ4v) is 6.06. The summed E-state index contributed by atoms with van der Waals surface area (Å²) in [6.45, 7) is 16.2. The van der Waals surface area contributed by atoms with E-state index in [1.165, 1.54) is 41.1 Å². The van der Waals surface area contributed by atoms with Crippen molar-refractivity contribution in [3.8, 4) is 23.3 Å². The van der Waals surface area contributed by atoms with E-state index in [0.29, 0.717) is 11.3 Å². The van der Waals surface area contributed by atoms with Crippen LogP contribution >= 0.6 is 46.4 Å². The molecule has 0 saturated carbocycles. The molecule has 5 N–H and O–H groups in total. The van der Waals surface area contributed by atoms with Crippen molar-refractivity contribution in [1.29, 1.82) is 5.26 Å². The van der Waals surface area contributed by atoms with Gasteiger partial charge in [0.2, 0.25) is 17.4 Å². The molecule has 0 aliphatic carbocycles. The van der Waals surface area contributed by atoms with Gasteiger partial charge in [0.1, 0.15) is 6.07 Å². The summed E-state index contributed by atoms with van der Waals surface area (Å²) in [7, 11) is 0. The molecule has 6 amide bonds. The van der Waals surface area contributed by atoms with Crippen LogP contribution in [0.3, 0.4) is 0 Å². The van der Waals surface area contributed by atoms with Crippen molar-refractivity contribution in [3.63, 3.8) is 0 Å². The van der Waals surface area contributed by atoms with Crippen LogP contribution in [0.2, 0.25) is 20.1 Å². The van der Waals surface area contributed by atoms with Crippen molar-refractivity contribution in [3.05, 3.63) is 100 Å². The molecule has 25 heteroatoms. The van der Waals surface area contributed by atoms with Gasteiger partial charge in [0, 0.05) is 24.2 Å². The highest BCUT2D eigenvalue weighted by Gasteiger charge is 2.32. The highest BCUT2D eigenvalue weighted by molar-refractivity contribution is 6.46. The second-order valence-corrected chi connectivity index (χ2v) is 14.8. The minimum atomic E-state index is -1.02. The number of aliphatic imine (C=N–C) groups is 1. The molecule has 1 aliphatic rings. The van der Waals surface area contributed by atoms with Crippen molar-refractivity contribution in [2.75, 3.05) is 25.5 Å². The number of aromatic amines is 1. The summed E-state index contributed by atoms with van der Waals surface area (Å²) >= 11 is 24.5. The van der Waals surface area contributed by atoms with Gasteiger partial charge in [-0.25, -0.2) is 21.0 Å². The van der Waals surface area contributed by atoms with Gasteiger partial charge in [-0.1, -0.05) is 46.4 Å². The Balaban J connectivity index is 0.000000384. The van der Waals surface area contributed by atoms with Crippen LogP contribution in [0.4, 0.5) is 15.3 Å². The maximum absolute atomic E-state index is 12.3. The van der Waals surface area contributed by atoms with Gasteiger partial charge in [-0.15, -0.1) is 0 Å². The number of rotatable bonds is 12. The molecule has 346 valence electrons. The number of ether oxygens (including phenoxy) is 4. The van der Waals surface area contributed by atoms with E-state index in [9.17, 15) is 38.4 Å². The lowest BCUT2D eigenvalue weighted by atomic mass is 10.1. The Labute approximate surface area is 390 Å². The second kappa shape index (κ2) is 26.0. The van der Waals surface area contributed by atoms with Gasteiger partial charge in [-0.05, 0) is 77.4 Å². The van der Waals surface area contributed by atoms with E-state index in [4.69, 9.17) is 73.4 Å². The molecule has 3 aromatic rings. The molecule has 2 heterocycles. The summed E-state index contributed by atoms with van der Waals surface area (Å²) in [6.07, 6.45) is 0.951. The molecule has 0 spiro atoms. The lowest BCUT2D eigenvalue weighted by Gasteiger charge is -2.28. The summed E-state index contributed by atoms with van der Waals surface area (Å²) in [5, 5.41) is 13.3. The number of nitrogens with two attached hydrogens (primary N) is 1. The van der Waals surface area contributed by atoms with E-state index >= 15 is 0 Å². The number of anilines is 1. The number of aromatic nitrogens is 2. The molecule has 0 saturated heterocycles. The minimum absolute atomic E-state index is 0.0175. The van der Waals surface area contributed by atoms with Crippen LogP contribution < -0.4 is 37.1 Å². The van der Waals surface area contributed by atoms with E-state index in [-0.39, 0.29) is 93.8 Å². The Bertz CT molecular complexity index is 2530. The zero-order chi connectivity index (χ0) is 49.1. The number of nitriles is 1. The molecule has 2 aromatic carbocycles. The molecule has 0 bridgehead atoms. The quantitative estimate of drug-likeness (QED) is 0.0687. The number of halogens is 4. The van der Waals surface area contributed by atoms with E-state index < -0.39 is 46.9 Å². The maximum atomic E-state index is 12.3. The monoisotopic (exact) mass is 979 g/mol. The summed E-state index contributed by atoms with van der Waals surface area (Å²) < 4.78 is 21.3. The van der Waals surface area contributed by atoms with Gasteiger partial charge in [0.15, 0.2) is 17.3 Å². The van der Waals surface area contributed by atoms with Crippen molar-refractivity contribution in [2.45, 2.75) is 66.6 Å². The first kappa shape index (κ1) is 54.2. The van der Waals surface area contributed by atoms with E-state index in [0.717, 1.165) is 4.90 Å². The number of imide groups is 3. The molecule has 0 unspecified atom stereocenters. The zero-order valence-electron chi connectivity index (χ0n) is 35.4. The van der Waals surface area contributed by atoms with Gasteiger partial charge in [0.25, 0.3) is 23.9 Å². The number of hydrogen-bond acceptors (Lipinski definition) is 15. The summed E-state index contributed by atoms with van der Waals surface area (Å²) in [4.78, 5) is 102. The Hall–Kier alpha value is -6.91. The topological polar surface area (TPSA) is 288 Å². The van der Waals surface area contributed by atoms with E-state index in [1.807, 2.05) is 10.6 Å². The molecule has 0 radical (unpaired) electrons. The molecular formula is C40H41Cl4N9O12. The van der Waals surface area contributed by atoms with Gasteiger partial charge < -0.3 is 29.5 Å². The number of carbonyl (C=O) groups excluding carboxylic acids is 6. The molecule has 21 nitrogen and oxygen atoms in total. The number of alkyl carbamates (subject to hydrolysis) is 2. The minimum Gasteiger partial charge on any atom is -0.450 e. The third-order valence-electron chi connectivity index (χ3n) is 7.64. The van der Waals surface area contributed by atoms with Gasteiger partial charge in [-0.2, -0.15) is 5.26 Å². The smallest absolute Gasteiger partial charge is 0.414 e. The molecule has 0 fully saturated rings. The average molecular weight is 982 g/mol. The number of nitrogens with zero attached hydrogens (tertiary/aromatic N) is 5. The standard InChI is InChI=1S/C20H19Cl2N5O6.C14H14Cl2N2O3.C6H8N2O3/c1-4-32-20(31)26-17(28)14(7-23)24-8-11-5-12(21)16(13(22)6-11)33-15-9-27(10(2)3)19(30)25-18(15)29;1-7(2)18-12(19)4-3-11(14(18)20)21-13-9(15)5-8(17)6-10(13)16;1-3-11-6(10)8-5(9)4-7-2/h5-6,9-10H,4,8H2,1-3H3,(H,25,29,30)(H,26,28,31);3,5-7H,4,17H2,1-2H3;3-4H2,1H3,(H,8,9,10). The maximum Gasteiger partial charge on any atom is 0.414 e. The van der Waals surface area contributed by atoms with Crippen LogP contribution in [0.15, 0.2) is 56.9 Å². The molecule has 0 atom stereocenters. The largest absolute Gasteiger partial charge is 0.450 e. The normalized spacial score (nSPS) is 12.0. The fraction of sp³-hybridized carbons (Fsp3) is 0.325. The number of carbonyl (C=O) groups is 6. The first-order valence-corrected chi connectivity index (χ1v) is 20.3. The first-order chi connectivity index (χ1) is 30.6. The summed E-state index contributed by atoms with van der Waals surface area (Å²) in [6, 6.07) is 6.87. The lowest BCUT2D eigenvalue weighted by molar-refractivity contribution is -0.146. The molecule has 1 aromatic heterocycles. The van der Waals surface area contributed by atoms with Crippen LogP contribution in [0, 0.1) is 17.9 Å². The molecule has 4 rings (SSSR count). The second-order valence-electron chi connectivity index (χ2n) is 13.1. The number of benzene rings is 2. The zero-order valence-corrected chi connectivity index (χ0v) is 38.4.